The molecule has 1 aromatic heterocycles. The van der Waals surface area contributed by atoms with Crippen molar-refractivity contribution in [1.82, 2.24) is 14.9 Å². The van der Waals surface area contributed by atoms with Gasteiger partial charge >= 0.3 is 24.3 Å². The van der Waals surface area contributed by atoms with Crippen LogP contribution in [0.3, 0.4) is 0 Å². The fourth-order valence-electron chi connectivity index (χ4n) is 4.19. The summed E-state index contributed by atoms with van der Waals surface area (Å²) in [6, 6.07) is 4.08. The molecule has 10 nitrogen and oxygen atoms in total. The first kappa shape index (κ1) is 31.2. The minimum atomic E-state index is -5.08. The lowest BCUT2D eigenvalue weighted by Gasteiger charge is -2.45. The average Bonchev–Trinajstić information content (AvgIpc) is 3.39. The van der Waals surface area contributed by atoms with Crippen LogP contribution in [0.1, 0.15) is 24.8 Å². The molecule has 0 saturated carbocycles. The molecule has 1 aromatic rings. The topological polar surface area (TPSA) is 129 Å². The largest absolute Gasteiger partial charge is 0.490 e. The van der Waals surface area contributed by atoms with Crippen LogP contribution in [0.5, 0.6) is 0 Å². The zero-order valence-electron chi connectivity index (χ0n) is 20.0. The molecule has 2 N–H and O–H groups in total. The van der Waals surface area contributed by atoms with E-state index in [1.807, 2.05) is 12.3 Å². The summed E-state index contributed by atoms with van der Waals surface area (Å²) in [5.74, 6) is -5.06. The Bertz CT molecular complexity index is 902. The number of carbonyl (C=O) groups is 3. The zero-order chi connectivity index (χ0) is 28.5. The molecule has 3 saturated heterocycles. The number of hydrogen-bond acceptors (Lipinski definition) is 7. The summed E-state index contributed by atoms with van der Waals surface area (Å²) in [4.78, 5) is 42.7. The van der Waals surface area contributed by atoms with Crippen LogP contribution in [0.4, 0.5) is 26.3 Å². The number of aromatic nitrogens is 1. The molecule has 0 unspecified atom stereocenters. The maximum absolute atomic E-state index is 12.8. The number of hydrogen-bond donors (Lipinski definition) is 2. The number of nitrogens with zero attached hydrogens (tertiary/aromatic N) is 3. The molecular formula is C22H27F6N3O7. The summed E-state index contributed by atoms with van der Waals surface area (Å²) >= 11 is 0. The van der Waals surface area contributed by atoms with Crippen LogP contribution in [-0.2, 0) is 30.5 Å². The molecule has 214 valence electrons. The number of carboxylic acid groups (broad SMARTS) is 2. The van der Waals surface area contributed by atoms with Gasteiger partial charge in [0.1, 0.15) is 0 Å². The minimum Gasteiger partial charge on any atom is -0.475 e. The Balaban J connectivity index is 0.000000301. The van der Waals surface area contributed by atoms with Gasteiger partial charge in [-0.15, -0.1) is 0 Å². The average molecular weight is 559 g/mol. The molecule has 3 aliphatic heterocycles. The van der Waals surface area contributed by atoms with E-state index in [0.717, 1.165) is 45.4 Å². The number of pyridine rings is 1. The second-order valence-corrected chi connectivity index (χ2v) is 8.59. The highest BCUT2D eigenvalue weighted by Gasteiger charge is 2.44. The van der Waals surface area contributed by atoms with Crippen LogP contribution < -0.4 is 0 Å². The lowest BCUT2D eigenvalue weighted by Crippen LogP contribution is -2.53. The number of likely N-dealkylation sites (tertiary alicyclic amines) is 1. The Morgan fingerprint density at radius 3 is 2.13 bits per heavy atom. The zero-order valence-corrected chi connectivity index (χ0v) is 20.0. The number of alkyl halides is 6. The Kier molecular flexibility index (Phi) is 11.3. The molecule has 0 aliphatic carbocycles. The van der Waals surface area contributed by atoms with Gasteiger partial charge in [-0.2, -0.15) is 26.3 Å². The second kappa shape index (κ2) is 13.7. The lowest BCUT2D eigenvalue weighted by atomic mass is 9.79. The second-order valence-electron chi connectivity index (χ2n) is 8.59. The first-order chi connectivity index (χ1) is 17.7. The summed E-state index contributed by atoms with van der Waals surface area (Å²) in [7, 11) is 0. The first-order valence-electron chi connectivity index (χ1n) is 11.5. The molecule has 4 rings (SSSR count). The van der Waals surface area contributed by atoms with E-state index in [1.165, 1.54) is 5.56 Å². The number of fused-ring (bicyclic) bond motifs is 1. The van der Waals surface area contributed by atoms with Gasteiger partial charge in [-0.3, -0.25) is 19.5 Å². The monoisotopic (exact) mass is 559 g/mol. The third-order valence-electron chi connectivity index (χ3n) is 5.88. The van der Waals surface area contributed by atoms with Crippen molar-refractivity contribution in [2.24, 2.45) is 11.8 Å². The van der Waals surface area contributed by atoms with E-state index in [1.54, 1.807) is 11.3 Å². The van der Waals surface area contributed by atoms with Gasteiger partial charge < -0.3 is 14.9 Å². The van der Waals surface area contributed by atoms with E-state index in [4.69, 9.17) is 29.4 Å². The van der Waals surface area contributed by atoms with Gasteiger partial charge in [0.25, 0.3) is 0 Å². The van der Waals surface area contributed by atoms with E-state index in [9.17, 15) is 31.1 Å². The predicted octanol–water partition coefficient (Wildman–Crippen LogP) is 2.74. The highest BCUT2D eigenvalue weighted by molar-refractivity contribution is 5.78. The van der Waals surface area contributed by atoms with E-state index in [0.29, 0.717) is 13.2 Å². The molecule has 3 aliphatic rings. The van der Waals surface area contributed by atoms with E-state index in [2.05, 4.69) is 16.0 Å². The summed E-state index contributed by atoms with van der Waals surface area (Å²) in [6.45, 7) is 4.89. The maximum Gasteiger partial charge on any atom is 0.490 e. The van der Waals surface area contributed by atoms with Gasteiger partial charge in [-0.1, -0.05) is 6.07 Å². The normalized spacial score (nSPS) is 23.7. The van der Waals surface area contributed by atoms with Crippen molar-refractivity contribution in [1.29, 1.82) is 0 Å². The van der Waals surface area contributed by atoms with Gasteiger partial charge in [0.2, 0.25) is 5.91 Å². The quantitative estimate of drug-likeness (QED) is 0.537. The summed E-state index contributed by atoms with van der Waals surface area (Å²) in [5.41, 5.74) is 1.22. The third kappa shape index (κ3) is 9.72. The maximum atomic E-state index is 12.8. The van der Waals surface area contributed by atoms with Gasteiger partial charge in [-0.25, -0.2) is 14.7 Å². The number of aliphatic carboxylic acids is 2. The van der Waals surface area contributed by atoms with E-state index in [-0.39, 0.29) is 23.8 Å². The van der Waals surface area contributed by atoms with Gasteiger partial charge in [0, 0.05) is 50.5 Å². The van der Waals surface area contributed by atoms with Crippen molar-refractivity contribution in [3.05, 3.63) is 30.1 Å². The fourth-order valence-corrected chi connectivity index (χ4v) is 4.19. The molecule has 4 heterocycles. The molecule has 3 fully saturated rings. The van der Waals surface area contributed by atoms with Crippen molar-refractivity contribution < 1.29 is 60.5 Å². The van der Waals surface area contributed by atoms with Crippen molar-refractivity contribution in [2.75, 3.05) is 32.8 Å². The molecule has 0 spiro atoms. The number of halogens is 6. The Labute approximate surface area is 213 Å². The van der Waals surface area contributed by atoms with E-state index < -0.39 is 24.3 Å². The number of amides is 1. The Morgan fingerprint density at radius 2 is 1.63 bits per heavy atom. The number of piperidine rings is 1. The van der Waals surface area contributed by atoms with Gasteiger partial charge in [0.05, 0.1) is 19.3 Å². The fraction of sp³-hybridized carbons (Fsp3) is 0.636. The van der Waals surface area contributed by atoms with Crippen LogP contribution in [0, 0.1) is 11.8 Å². The molecule has 16 heteroatoms. The molecule has 0 bridgehead atoms. The molecule has 0 aromatic carbocycles. The summed E-state index contributed by atoms with van der Waals surface area (Å²) in [6.07, 6.45) is -3.49. The van der Waals surface area contributed by atoms with Crippen molar-refractivity contribution in [3.63, 3.8) is 0 Å². The highest BCUT2D eigenvalue weighted by atomic mass is 19.4. The van der Waals surface area contributed by atoms with Crippen LogP contribution >= 0.6 is 0 Å². The molecular weight excluding hydrogens is 532 g/mol. The SMILES string of the molecule is O=C(O)C(F)(F)F.O=C(O)C(F)(F)F.O=C([C@@H]1CCO[C@@H]2CCN(Cc3cccnc3)C[C@H]21)N1CCCO1. The highest BCUT2D eigenvalue weighted by Crippen LogP contribution is 2.35. The first-order valence-corrected chi connectivity index (χ1v) is 11.5. The van der Waals surface area contributed by atoms with Crippen LogP contribution in [0.25, 0.3) is 0 Å². The van der Waals surface area contributed by atoms with Crippen LogP contribution in [-0.4, -0.2) is 94.3 Å². The summed E-state index contributed by atoms with van der Waals surface area (Å²) in [5, 5.41) is 15.8. The van der Waals surface area contributed by atoms with Crippen molar-refractivity contribution in [3.8, 4) is 0 Å². The molecule has 38 heavy (non-hydrogen) atoms. The smallest absolute Gasteiger partial charge is 0.475 e. The van der Waals surface area contributed by atoms with Crippen molar-refractivity contribution >= 4 is 17.8 Å². The number of hydroxylamine groups is 2. The Hall–Kier alpha value is -2.98. The van der Waals surface area contributed by atoms with E-state index >= 15 is 0 Å². The summed E-state index contributed by atoms with van der Waals surface area (Å²) < 4.78 is 69.4. The number of carbonyl (C=O) groups excluding carboxylic acids is 1. The Morgan fingerprint density at radius 1 is 1.00 bits per heavy atom. The molecule has 0 radical (unpaired) electrons. The van der Waals surface area contributed by atoms with Gasteiger partial charge in [0.15, 0.2) is 0 Å². The van der Waals surface area contributed by atoms with Crippen LogP contribution in [0.15, 0.2) is 24.5 Å². The number of carboxylic acids is 2. The van der Waals surface area contributed by atoms with Crippen LogP contribution in [0.2, 0.25) is 0 Å². The van der Waals surface area contributed by atoms with Gasteiger partial charge in [-0.05, 0) is 30.9 Å². The van der Waals surface area contributed by atoms with Crippen molar-refractivity contribution in [2.45, 2.75) is 44.3 Å². The standard InChI is InChI=1S/C18H25N3O3.2C2HF3O2/c22-18(21-7-2-9-24-21)15-5-10-23-17-4-8-20(13-16(15)17)12-14-3-1-6-19-11-14;2*3-2(4,5)1(6)7/h1,3,6,11,15-17H,2,4-5,7-10,12-13H2;2*(H,6,7)/t15-,16+,17-;;/m1../s1. The molecule has 1 amide bonds. The third-order valence-corrected chi connectivity index (χ3v) is 5.88. The number of rotatable bonds is 3. The lowest BCUT2D eigenvalue weighted by molar-refractivity contribution is -0.193. The number of ether oxygens (including phenoxy) is 1. The predicted molar refractivity (Wildman–Crippen MR) is 115 cm³/mol. The molecule has 3 atom stereocenters. The minimum absolute atomic E-state index is 0.0264.